The monoisotopic (exact) mass is 264 g/mol. The Morgan fingerprint density at radius 1 is 1.21 bits per heavy atom. The summed E-state index contributed by atoms with van der Waals surface area (Å²) in [5.41, 5.74) is 0.696. The zero-order valence-electron chi connectivity index (χ0n) is 12.7. The van der Waals surface area contributed by atoms with Crippen molar-refractivity contribution < 1.29 is 14.6 Å². The molecule has 0 amide bonds. The number of ether oxygens (including phenoxy) is 1. The molecular weight excluding hydrogens is 240 g/mol. The third-order valence-corrected chi connectivity index (χ3v) is 4.07. The first kappa shape index (κ1) is 15.7. The molecule has 1 atom stereocenters. The Morgan fingerprint density at radius 2 is 1.79 bits per heavy atom. The molecular formula is C16H24O3. The molecule has 3 heteroatoms. The van der Waals surface area contributed by atoms with Crippen LogP contribution in [0.5, 0.6) is 0 Å². The lowest BCUT2D eigenvalue weighted by atomic mass is 9.71. The maximum Gasteiger partial charge on any atom is 0.314 e. The maximum absolute atomic E-state index is 12.1. The van der Waals surface area contributed by atoms with E-state index in [1.165, 1.54) is 0 Å². The van der Waals surface area contributed by atoms with E-state index >= 15 is 0 Å². The highest BCUT2D eigenvalue weighted by molar-refractivity contribution is 5.77. The van der Waals surface area contributed by atoms with Crippen molar-refractivity contribution in [1.82, 2.24) is 0 Å². The molecule has 1 rings (SSSR count). The second-order valence-electron chi connectivity index (χ2n) is 5.72. The zero-order valence-corrected chi connectivity index (χ0v) is 12.7. The minimum atomic E-state index is -1.28. The summed E-state index contributed by atoms with van der Waals surface area (Å²) in [4.78, 5) is 12.1. The topological polar surface area (TPSA) is 46.5 Å². The molecule has 1 aromatic carbocycles. The minimum absolute atomic E-state index is 0.311. The maximum atomic E-state index is 12.1. The van der Waals surface area contributed by atoms with Crippen LogP contribution in [0.15, 0.2) is 18.2 Å². The van der Waals surface area contributed by atoms with Crippen LogP contribution in [0.25, 0.3) is 0 Å². The molecule has 0 saturated carbocycles. The van der Waals surface area contributed by atoms with Crippen molar-refractivity contribution in [2.75, 3.05) is 6.61 Å². The van der Waals surface area contributed by atoms with Gasteiger partial charge in [0.15, 0.2) is 0 Å². The van der Waals surface area contributed by atoms with Gasteiger partial charge in [-0.1, -0.05) is 18.2 Å². The first-order chi connectivity index (χ1) is 8.64. The average molecular weight is 264 g/mol. The molecule has 1 unspecified atom stereocenters. The number of aliphatic hydroxyl groups is 1. The summed E-state index contributed by atoms with van der Waals surface area (Å²) in [7, 11) is 0. The Kier molecular flexibility index (Phi) is 4.41. The largest absolute Gasteiger partial charge is 0.465 e. The van der Waals surface area contributed by atoms with Crippen molar-refractivity contribution >= 4 is 5.97 Å². The normalized spacial score (nSPS) is 14.9. The highest BCUT2D eigenvalue weighted by Gasteiger charge is 2.47. The standard InChI is InChI=1S/C16H24O3/c1-7-19-14(17)15(4,5)16(6,18)13-9-8-11(2)12(3)10-13/h8-10,18H,7H2,1-6H3. The van der Waals surface area contributed by atoms with Crippen LogP contribution in [0.1, 0.15) is 44.4 Å². The zero-order chi connectivity index (χ0) is 14.8. The predicted octanol–water partition coefficient (Wildman–Crippen LogP) is 3.10. The van der Waals surface area contributed by atoms with Crippen molar-refractivity contribution in [3.05, 3.63) is 34.9 Å². The predicted molar refractivity (Wildman–Crippen MR) is 75.9 cm³/mol. The third kappa shape index (κ3) is 2.81. The number of carbonyl (C=O) groups excluding carboxylic acids is 1. The molecule has 1 aromatic rings. The third-order valence-electron chi connectivity index (χ3n) is 4.07. The van der Waals surface area contributed by atoms with Crippen molar-refractivity contribution in [3.63, 3.8) is 0 Å². The Balaban J connectivity index is 3.21. The fraction of sp³-hybridized carbons (Fsp3) is 0.562. The van der Waals surface area contributed by atoms with Gasteiger partial charge in [-0.3, -0.25) is 4.79 Å². The first-order valence-electron chi connectivity index (χ1n) is 6.62. The van der Waals surface area contributed by atoms with Gasteiger partial charge in [0.1, 0.15) is 5.60 Å². The van der Waals surface area contributed by atoms with Crippen LogP contribution in [0.4, 0.5) is 0 Å². The summed E-state index contributed by atoms with van der Waals surface area (Å²) in [6.45, 7) is 11.2. The lowest BCUT2D eigenvalue weighted by molar-refractivity contribution is -0.170. The molecule has 0 aliphatic rings. The van der Waals surface area contributed by atoms with E-state index in [0.29, 0.717) is 6.61 Å². The van der Waals surface area contributed by atoms with Gasteiger partial charge < -0.3 is 9.84 Å². The molecule has 0 aromatic heterocycles. The number of hydrogen-bond donors (Lipinski definition) is 1. The van der Waals surface area contributed by atoms with Crippen molar-refractivity contribution in [1.29, 1.82) is 0 Å². The van der Waals surface area contributed by atoms with E-state index in [0.717, 1.165) is 16.7 Å². The molecule has 0 spiro atoms. The van der Waals surface area contributed by atoms with E-state index in [9.17, 15) is 9.90 Å². The van der Waals surface area contributed by atoms with Gasteiger partial charge in [0.2, 0.25) is 0 Å². The summed E-state index contributed by atoms with van der Waals surface area (Å²) in [6.07, 6.45) is 0. The van der Waals surface area contributed by atoms with Gasteiger partial charge >= 0.3 is 5.97 Å². The van der Waals surface area contributed by atoms with Crippen molar-refractivity contribution in [2.24, 2.45) is 5.41 Å². The Hall–Kier alpha value is -1.35. The van der Waals surface area contributed by atoms with E-state index in [4.69, 9.17) is 4.74 Å². The van der Waals surface area contributed by atoms with E-state index in [1.807, 2.05) is 32.0 Å². The second kappa shape index (κ2) is 5.33. The van der Waals surface area contributed by atoms with Crippen LogP contribution in [-0.2, 0) is 15.1 Å². The Labute approximate surface area is 115 Å². The molecule has 106 valence electrons. The fourth-order valence-corrected chi connectivity index (χ4v) is 1.92. The molecule has 19 heavy (non-hydrogen) atoms. The fourth-order valence-electron chi connectivity index (χ4n) is 1.92. The summed E-state index contributed by atoms with van der Waals surface area (Å²) in [5, 5.41) is 10.8. The second-order valence-corrected chi connectivity index (χ2v) is 5.72. The Bertz CT molecular complexity index is 473. The summed E-state index contributed by atoms with van der Waals surface area (Å²) in [5.74, 6) is -0.391. The van der Waals surface area contributed by atoms with Gasteiger partial charge in [0.05, 0.1) is 12.0 Å². The number of aryl methyl sites for hydroxylation is 2. The van der Waals surface area contributed by atoms with E-state index < -0.39 is 17.0 Å². The average Bonchev–Trinajstić information content (AvgIpc) is 2.32. The van der Waals surface area contributed by atoms with Crippen LogP contribution >= 0.6 is 0 Å². The SMILES string of the molecule is CCOC(=O)C(C)(C)C(C)(O)c1ccc(C)c(C)c1. The summed E-state index contributed by atoms with van der Waals surface area (Å²) >= 11 is 0. The highest BCUT2D eigenvalue weighted by atomic mass is 16.5. The smallest absolute Gasteiger partial charge is 0.314 e. The van der Waals surface area contributed by atoms with Crippen molar-refractivity contribution in [3.8, 4) is 0 Å². The van der Waals surface area contributed by atoms with Crippen LogP contribution in [0.2, 0.25) is 0 Å². The first-order valence-corrected chi connectivity index (χ1v) is 6.62. The molecule has 0 fully saturated rings. The van der Waals surface area contributed by atoms with E-state index in [1.54, 1.807) is 27.7 Å². The van der Waals surface area contributed by atoms with Gasteiger partial charge in [0, 0.05) is 0 Å². The molecule has 0 saturated heterocycles. The number of benzene rings is 1. The highest BCUT2D eigenvalue weighted by Crippen LogP contribution is 2.40. The molecule has 1 N–H and O–H groups in total. The van der Waals surface area contributed by atoms with Gasteiger partial charge in [-0.25, -0.2) is 0 Å². The van der Waals surface area contributed by atoms with Crippen LogP contribution < -0.4 is 0 Å². The molecule has 3 nitrogen and oxygen atoms in total. The summed E-state index contributed by atoms with van der Waals surface area (Å²) < 4.78 is 5.07. The Morgan fingerprint density at radius 3 is 2.26 bits per heavy atom. The van der Waals surface area contributed by atoms with Crippen LogP contribution in [0.3, 0.4) is 0 Å². The number of rotatable bonds is 4. The van der Waals surface area contributed by atoms with E-state index in [-0.39, 0.29) is 0 Å². The molecule has 0 heterocycles. The number of carbonyl (C=O) groups is 1. The quantitative estimate of drug-likeness (QED) is 0.850. The van der Waals surface area contributed by atoms with Gasteiger partial charge in [0.25, 0.3) is 0 Å². The van der Waals surface area contributed by atoms with Gasteiger partial charge in [-0.15, -0.1) is 0 Å². The molecule has 0 aliphatic carbocycles. The summed E-state index contributed by atoms with van der Waals surface area (Å²) in [6, 6.07) is 5.75. The van der Waals surface area contributed by atoms with Gasteiger partial charge in [-0.05, 0) is 58.2 Å². The van der Waals surface area contributed by atoms with Crippen LogP contribution in [-0.4, -0.2) is 17.7 Å². The van der Waals surface area contributed by atoms with Gasteiger partial charge in [-0.2, -0.15) is 0 Å². The number of esters is 1. The van der Waals surface area contributed by atoms with Crippen molar-refractivity contribution in [2.45, 2.75) is 47.1 Å². The number of hydrogen-bond acceptors (Lipinski definition) is 3. The minimum Gasteiger partial charge on any atom is -0.465 e. The van der Waals surface area contributed by atoms with Crippen LogP contribution in [0, 0.1) is 19.3 Å². The lowest BCUT2D eigenvalue weighted by Crippen LogP contribution is -2.46. The molecule has 0 radical (unpaired) electrons. The molecule has 0 aliphatic heterocycles. The van der Waals surface area contributed by atoms with E-state index in [2.05, 4.69) is 0 Å². The molecule has 0 bridgehead atoms. The lowest BCUT2D eigenvalue weighted by Gasteiger charge is -2.38.